The van der Waals surface area contributed by atoms with Crippen molar-refractivity contribution in [1.29, 1.82) is 0 Å². The highest BCUT2D eigenvalue weighted by molar-refractivity contribution is 7.99. The summed E-state index contributed by atoms with van der Waals surface area (Å²) in [5, 5.41) is 10.4. The third-order valence-electron chi connectivity index (χ3n) is 5.01. The molecule has 0 unspecified atom stereocenters. The number of hydrogen-bond acceptors (Lipinski definition) is 6. The van der Waals surface area contributed by atoms with Crippen molar-refractivity contribution >= 4 is 23.5 Å². The molecule has 1 N–H and O–H groups in total. The van der Waals surface area contributed by atoms with Crippen molar-refractivity contribution in [3.63, 3.8) is 0 Å². The number of alkyl halides is 3. The highest BCUT2D eigenvalue weighted by Gasteiger charge is 2.31. The van der Waals surface area contributed by atoms with Crippen LogP contribution in [0.3, 0.4) is 0 Å². The van der Waals surface area contributed by atoms with Crippen molar-refractivity contribution in [1.82, 2.24) is 9.55 Å². The van der Waals surface area contributed by atoms with Crippen LogP contribution in [0.5, 0.6) is 5.75 Å². The lowest BCUT2D eigenvalue weighted by molar-refractivity contribution is -0.274. The molecule has 3 aromatic rings. The van der Waals surface area contributed by atoms with E-state index in [0.29, 0.717) is 17.1 Å². The molecule has 35 heavy (non-hydrogen) atoms. The van der Waals surface area contributed by atoms with Gasteiger partial charge in [-0.2, -0.15) is 0 Å². The lowest BCUT2D eigenvalue weighted by Crippen LogP contribution is -2.38. The monoisotopic (exact) mass is 501 g/mol. The number of rotatable bonds is 6. The van der Waals surface area contributed by atoms with Gasteiger partial charge >= 0.3 is 6.36 Å². The normalized spacial score (nSPS) is 13.7. The van der Waals surface area contributed by atoms with Crippen LogP contribution in [-0.2, 0) is 0 Å². The van der Waals surface area contributed by atoms with Gasteiger partial charge in [-0.05, 0) is 62.4 Å². The van der Waals surface area contributed by atoms with E-state index in [2.05, 4.69) is 16.3 Å². The highest BCUT2D eigenvalue weighted by atomic mass is 32.2. The molecule has 0 aliphatic carbocycles. The highest BCUT2D eigenvalue weighted by Crippen LogP contribution is 2.33. The number of nitrogens with zero attached hydrogens (tertiary/aromatic N) is 3. The number of benzene rings is 2. The van der Waals surface area contributed by atoms with Gasteiger partial charge in [-0.3, -0.25) is 9.36 Å². The predicted molar refractivity (Wildman–Crippen MR) is 129 cm³/mol. The Kier molecular flexibility index (Phi) is 6.52. The molecule has 1 aliphatic heterocycles. The second-order valence-corrected chi connectivity index (χ2v) is 9.56. The minimum absolute atomic E-state index is 0.169. The average Bonchev–Trinajstić information content (AvgIpc) is 2.76. The molecule has 4 rings (SSSR count). The summed E-state index contributed by atoms with van der Waals surface area (Å²) >= 11 is 1.04. The van der Waals surface area contributed by atoms with Gasteiger partial charge < -0.3 is 14.7 Å². The van der Waals surface area contributed by atoms with Crippen molar-refractivity contribution in [2.75, 3.05) is 11.4 Å². The molecule has 10 heteroatoms. The Labute approximate surface area is 204 Å². The van der Waals surface area contributed by atoms with Gasteiger partial charge in [0.25, 0.3) is 5.56 Å². The maximum absolute atomic E-state index is 13.1. The summed E-state index contributed by atoms with van der Waals surface area (Å²) in [5.41, 5.74) is 1.78. The number of fused-ring (bicyclic) bond motifs is 1. The summed E-state index contributed by atoms with van der Waals surface area (Å²) in [5.74, 6) is -0.344. The molecule has 0 bridgehead atoms. The topological polar surface area (TPSA) is 67.6 Å². The molecule has 0 saturated heterocycles. The number of anilines is 1. The van der Waals surface area contributed by atoms with E-state index < -0.39 is 12.0 Å². The number of halogens is 3. The number of aromatic nitrogens is 2. The van der Waals surface area contributed by atoms with E-state index in [4.69, 9.17) is 0 Å². The maximum atomic E-state index is 13.1. The standard InChI is InChI=1S/C25H22F3N3O3S/c1-16-4-5-17-14-18(6-11-21(17)31(16)15-24(2,3)33)30-13-12-29-22(23(30)32)35-20-9-7-19(8-10-20)34-25(26,27)28/h4-14,33H,1,15H2,2-3H3. The molecule has 1 aromatic heterocycles. The van der Waals surface area contributed by atoms with Gasteiger partial charge in [-0.15, -0.1) is 13.2 Å². The zero-order valence-electron chi connectivity index (χ0n) is 18.9. The van der Waals surface area contributed by atoms with Crippen molar-refractivity contribution in [3.05, 3.63) is 89.1 Å². The van der Waals surface area contributed by atoms with E-state index in [1.165, 1.54) is 35.0 Å². The number of ether oxygens (including phenoxy) is 1. The zero-order valence-corrected chi connectivity index (χ0v) is 19.7. The molecule has 0 amide bonds. The van der Waals surface area contributed by atoms with Crippen LogP contribution in [0.2, 0.25) is 0 Å². The van der Waals surface area contributed by atoms with Crippen molar-refractivity contribution < 1.29 is 23.0 Å². The van der Waals surface area contributed by atoms with E-state index in [9.17, 15) is 23.1 Å². The SMILES string of the molecule is C=C1C=Cc2cc(-n3ccnc(Sc4ccc(OC(F)(F)F)cc4)c3=O)ccc2N1CC(C)(C)O. The fraction of sp³-hybridized carbons (Fsp3) is 0.200. The molecule has 0 saturated carbocycles. The van der Waals surface area contributed by atoms with E-state index >= 15 is 0 Å². The van der Waals surface area contributed by atoms with Crippen molar-refractivity contribution in [2.45, 2.75) is 35.7 Å². The Hall–Kier alpha value is -3.50. The van der Waals surface area contributed by atoms with Gasteiger partial charge in [-0.25, -0.2) is 4.98 Å². The Bertz CT molecular complexity index is 1340. The molecule has 182 valence electrons. The summed E-state index contributed by atoms with van der Waals surface area (Å²) < 4.78 is 42.4. The molecule has 2 aromatic carbocycles. The fourth-order valence-corrected chi connectivity index (χ4v) is 4.36. The van der Waals surface area contributed by atoms with Gasteiger partial charge in [0.15, 0.2) is 5.03 Å². The largest absolute Gasteiger partial charge is 0.573 e. The molecule has 0 spiro atoms. The van der Waals surface area contributed by atoms with Crippen LogP contribution in [0.25, 0.3) is 11.8 Å². The third-order valence-corrected chi connectivity index (χ3v) is 5.99. The Morgan fingerprint density at radius 3 is 2.49 bits per heavy atom. The van der Waals surface area contributed by atoms with Gasteiger partial charge in [-0.1, -0.05) is 24.4 Å². The number of allylic oxidation sites excluding steroid dienone is 1. The molecule has 1 aliphatic rings. The molecule has 0 radical (unpaired) electrons. The molecule has 0 atom stereocenters. The second kappa shape index (κ2) is 9.27. The lowest BCUT2D eigenvalue weighted by atomic mass is 10.0. The number of hydrogen-bond donors (Lipinski definition) is 1. The number of β-amino-alcohol motifs (C(OH)–C–C–N with tert-alkyl or cyclic N) is 1. The van der Waals surface area contributed by atoms with Crippen LogP contribution < -0.4 is 15.2 Å². The van der Waals surface area contributed by atoms with E-state index in [0.717, 1.165) is 28.7 Å². The molecule has 6 nitrogen and oxygen atoms in total. The first-order valence-electron chi connectivity index (χ1n) is 10.5. The summed E-state index contributed by atoms with van der Waals surface area (Å²) in [7, 11) is 0. The van der Waals surface area contributed by atoms with E-state index in [-0.39, 0.29) is 16.3 Å². The second-order valence-electron chi connectivity index (χ2n) is 8.50. The Balaban J connectivity index is 1.60. The van der Waals surface area contributed by atoms with Crippen LogP contribution in [0, 0.1) is 0 Å². The molecular formula is C25H22F3N3O3S. The molecule has 0 fully saturated rings. The summed E-state index contributed by atoms with van der Waals surface area (Å²) in [6.45, 7) is 7.84. The van der Waals surface area contributed by atoms with Crippen LogP contribution in [0.4, 0.5) is 18.9 Å². The van der Waals surface area contributed by atoms with Gasteiger partial charge in [0.05, 0.1) is 12.1 Å². The predicted octanol–water partition coefficient (Wildman–Crippen LogP) is 5.40. The van der Waals surface area contributed by atoms with Gasteiger partial charge in [0.2, 0.25) is 0 Å². The van der Waals surface area contributed by atoms with Crippen LogP contribution >= 0.6 is 11.8 Å². The van der Waals surface area contributed by atoms with Crippen molar-refractivity contribution in [3.8, 4) is 11.4 Å². The van der Waals surface area contributed by atoms with Gasteiger partial charge in [0.1, 0.15) is 5.75 Å². The first kappa shape index (κ1) is 24.6. The summed E-state index contributed by atoms with van der Waals surface area (Å²) in [6, 6.07) is 10.7. The number of aliphatic hydroxyl groups is 1. The molecule has 2 heterocycles. The first-order chi connectivity index (χ1) is 16.4. The van der Waals surface area contributed by atoms with E-state index in [1.54, 1.807) is 26.1 Å². The minimum atomic E-state index is -4.77. The average molecular weight is 502 g/mol. The maximum Gasteiger partial charge on any atom is 0.573 e. The lowest BCUT2D eigenvalue weighted by Gasteiger charge is -2.34. The first-order valence-corrected chi connectivity index (χ1v) is 11.3. The third kappa shape index (κ3) is 5.95. The van der Waals surface area contributed by atoms with Gasteiger partial charge in [0, 0.05) is 39.9 Å². The van der Waals surface area contributed by atoms with Crippen LogP contribution in [0.1, 0.15) is 19.4 Å². The molecular weight excluding hydrogens is 479 g/mol. The quantitative estimate of drug-likeness (QED) is 0.488. The Morgan fingerprint density at radius 2 is 1.83 bits per heavy atom. The summed E-state index contributed by atoms with van der Waals surface area (Å²) in [6.07, 6.45) is 2.01. The minimum Gasteiger partial charge on any atom is -0.406 e. The fourth-order valence-electron chi connectivity index (χ4n) is 3.56. The van der Waals surface area contributed by atoms with Crippen molar-refractivity contribution in [2.24, 2.45) is 0 Å². The van der Waals surface area contributed by atoms with Crippen LogP contribution in [0.15, 0.2) is 87.9 Å². The summed E-state index contributed by atoms with van der Waals surface area (Å²) in [4.78, 5) is 19.7. The Morgan fingerprint density at radius 1 is 1.11 bits per heavy atom. The smallest absolute Gasteiger partial charge is 0.406 e. The van der Waals surface area contributed by atoms with E-state index in [1.807, 2.05) is 29.2 Å². The zero-order chi connectivity index (χ0) is 25.4. The van der Waals surface area contributed by atoms with Crippen LogP contribution in [-0.4, -0.2) is 33.2 Å².